The third kappa shape index (κ3) is 5.33. The SMILES string of the molecule is CC(C)C(NC1CCOCC1)C(=O)NCCCO. The molecule has 0 bridgehead atoms. The summed E-state index contributed by atoms with van der Waals surface area (Å²) in [5.41, 5.74) is 0. The number of carbonyl (C=O) groups is 1. The summed E-state index contributed by atoms with van der Waals surface area (Å²) < 4.78 is 5.31. The van der Waals surface area contributed by atoms with Crippen LogP contribution in [0, 0.1) is 5.92 Å². The Morgan fingerprint density at radius 1 is 1.39 bits per heavy atom. The van der Waals surface area contributed by atoms with Gasteiger partial charge in [-0.15, -0.1) is 0 Å². The monoisotopic (exact) mass is 258 g/mol. The van der Waals surface area contributed by atoms with Crippen LogP contribution in [-0.4, -0.2) is 49.5 Å². The quantitative estimate of drug-likeness (QED) is 0.574. The van der Waals surface area contributed by atoms with Gasteiger partial charge in [0.05, 0.1) is 6.04 Å². The second kappa shape index (κ2) is 8.45. The van der Waals surface area contributed by atoms with E-state index in [1.165, 1.54) is 0 Å². The highest BCUT2D eigenvalue weighted by Crippen LogP contribution is 2.10. The van der Waals surface area contributed by atoms with Gasteiger partial charge < -0.3 is 20.5 Å². The molecule has 0 aliphatic carbocycles. The van der Waals surface area contributed by atoms with Crippen LogP contribution in [0.25, 0.3) is 0 Å². The molecule has 5 heteroatoms. The first-order valence-electron chi connectivity index (χ1n) is 6.87. The van der Waals surface area contributed by atoms with E-state index in [0.29, 0.717) is 19.0 Å². The van der Waals surface area contributed by atoms with Gasteiger partial charge in [0.1, 0.15) is 0 Å². The van der Waals surface area contributed by atoms with Crippen molar-refractivity contribution in [3.05, 3.63) is 0 Å². The molecule has 1 aliphatic rings. The maximum atomic E-state index is 12.0. The molecule has 1 unspecified atom stereocenters. The highest BCUT2D eigenvalue weighted by molar-refractivity contribution is 5.82. The third-order valence-corrected chi connectivity index (χ3v) is 3.22. The number of aliphatic hydroxyl groups is 1. The number of aliphatic hydroxyl groups excluding tert-OH is 1. The number of hydrogen-bond donors (Lipinski definition) is 3. The van der Waals surface area contributed by atoms with Gasteiger partial charge in [0.25, 0.3) is 0 Å². The van der Waals surface area contributed by atoms with Crippen molar-refractivity contribution < 1.29 is 14.6 Å². The average molecular weight is 258 g/mol. The van der Waals surface area contributed by atoms with Gasteiger partial charge >= 0.3 is 0 Å². The lowest BCUT2D eigenvalue weighted by Crippen LogP contribution is -2.52. The van der Waals surface area contributed by atoms with Crippen molar-refractivity contribution >= 4 is 5.91 Å². The second-order valence-corrected chi connectivity index (χ2v) is 5.14. The van der Waals surface area contributed by atoms with E-state index in [1.807, 2.05) is 13.8 Å². The van der Waals surface area contributed by atoms with Crippen LogP contribution >= 0.6 is 0 Å². The van der Waals surface area contributed by atoms with E-state index in [2.05, 4.69) is 10.6 Å². The molecular formula is C13H26N2O3. The van der Waals surface area contributed by atoms with E-state index < -0.39 is 0 Å². The zero-order valence-electron chi connectivity index (χ0n) is 11.4. The molecule has 0 aromatic rings. The molecular weight excluding hydrogens is 232 g/mol. The molecule has 1 atom stereocenters. The van der Waals surface area contributed by atoms with E-state index in [4.69, 9.17) is 9.84 Å². The summed E-state index contributed by atoms with van der Waals surface area (Å²) in [4.78, 5) is 12.0. The summed E-state index contributed by atoms with van der Waals surface area (Å²) in [5.74, 6) is 0.284. The highest BCUT2D eigenvalue weighted by Gasteiger charge is 2.25. The van der Waals surface area contributed by atoms with Crippen LogP contribution < -0.4 is 10.6 Å². The van der Waals surface area contributed by atoms with E-state index in [1.54, 1.807) is 0 Å². The smallest absolute Gasteiger partial charge is 0.237 e. The maximum absolute atomic E-state index is 12.0. The Balaban J connectivity index is 2.39. The van der Waals surface area contributed by atoms with E-state index in [0.717, 1.165) is 26.1 Å². The standard InChI is InChI=1S/C13H26N2O3/c1-10(2)12(13(17)14-6-3-7-16)15-11-4-8-18-9-5-11/h10-12,15-16H,3-9H2,1-2H3,(H,14,17). The molecule has 1 saturated heterocycles. The fourth-order valence-electron chi connectivity index (χ4n) is 2.09. The fraction of sp³-hybridized carbons (Fsp3) is 0.923. The Hall–Kier alpha value is -0.650. The molecule has 3 N–H and O–H groups in total. The first-order chi connectivity index (χ1) is 8.65. The normalized spacial score (nSPS) is 18.9. The van der Waals surface area contributed by atoms with Gasteiger partial charge in [-0.2, -0.15) is 0 Å². The summed E-state index contributed by atoms with van der Waals surface area (Å²) in [7, 11) is 0. The average Bonchev–Trinajstić information content (AvgIpc) is 2.37. The number of ether oxygens (including phenoxy) is 1. The Morgan fingerprint density at radius 3 is 2.61 bits per heavy atom. The van der Waals surface area contributed by atoms with Crippen molar-refractivity contribution in [2.24, 2.45) is 5.92 Å². The molecule has 0 aromatic carbocycles. The largest absolute Gasteiger partial charge is 0.396 e. The maximum Gasteiger partial charge on any atom is 0.237 e. The number of rotatable bonds is 7. The summed E-state index contributed by atoms with van der Waals surface area (Å²) in [6.07, 6.45) is 2.54. The predicted molar refractivity (Wildman–Crippen MR) is 70.3 cm³/mol. The zero-order valence-corrected chi connectivity index (χ0v) is 11.4. The van der Waals surface area contributed by atoms with Gasteiger partial charge in [0.15, 0.2) is 0 Å². The van der Waals surface area contributed by atoms with Gasteiger partial charge in [0, 0.05) is 32.4 Å². The van der Waals surface area contributed by atoms with Crippen molar-refractivity contribution in [1.29, 1.82) is 0 Å². The molecule has 1 fully saturated rings. The molecule has 0 aromatic heterocycles. The topological polar surface area (TPSA) is 70.6 Å². The lowest BCUT2D eigenvalue weighted by molar-refractivity contribution is -0.124. The molecule has 1 rings (SSSR count). The summed E-state index contributed by atoms with van der Waals surface area (Å²) in [6, 6.07) is 0.210. The van der Waals surface area contributed by atoms with E-state index in [9.17, 15) is 4.79 Å². The van der Waals surface area contributed by atoms with Crippen LogP contribution in [0.3, 0.4) is 0 Å². The molecule has 1 amide bonds. The summed E-state index contributed by atoms with van der Waals surface area (Å²) in [6.45, 7) is 6.28. The number of carbonyl (C=O) groups excluding carboxylic acids is 1. The molecule has 0 radical (unpaired) electrons. The van der Waals surface area contributed by atoms with Gasteiger partial charge in [-0.25, -0.2) is 0 Å². The minimum Gasteiger partial charge on any atom is -0.396 e. The second-order valence-electron chi connectivity index (χ2n) is 5.14. The van der Waals surface area contributed by atoms with Crippen LogP contribution in [0.15, 0.2) is 0 Å². The Morgan fingerprint density at radius 2 is 2.06 bits per heavy atom. The first-order valence-corrected chi connectivity index (χ1v) is 6.87. The highest BCUT2D eigenvalue weighted by atomic mass is 16.5. The molecule has 5 nitrogen and oxygen atoms in total. The number of nitrogens with one attached hydrogen (secondary N) is 2. The van der Waals surface area contributed by atoms with E-state index >= 15 is 0 Å². The Labute approximate surface area is 109 Å². The number of hydrogen-bond acceptors (Lipinski definition) is 4. The summed E-state index contributed by atoms with van der Waals surface area (Å²) in [5, 5.41) is 15.0. The van der Waals surface area contributed by atoms with Crippen LogP contribution in [-0.2, 0) is 9.53 Å². The first kappa shape index (κ1) is 15.4. The van der Waals surface area contributed by atoms with Crippen molar-refractivity contribution in [1.82, 2.24) is 10.6 Å². The molecule has 106 valence electrons. The van der Waals surface area contributed by atoms with Crippen LogP contribution in [0.4, 0.5) is 0 Å². The summed E-state index contributed by atoms with van der Waals surface area (Å²) >= 11 is 0. The minimum atomic E-state index is -0.160. The fourth-order valence-corrected chi connectivity index (χ4v) is 2.09. The lowest BCUT2D eigenvalue weighted by Gasteiger charge is -2.30. The van der Waals surface area contributed by atoms with Crippen molar-refractivity contribution in [2.75, 3.05) is 26.4 Å². The number of amides is 1. The van der Waals surface area contributed by atoms with Crippen molar-refractivity contribution in [3.63, 3.8) is 0 Å². The van der Waals surface area contributed by atoms with Gasteiger partial charge in [-0.05, 0) is 25.2 Å². The Kier molecular flexibility index (Phi) is 7.23. The van der Waals surface area contributed by atoms with Gasteiger partial charge in [0.2, 0.25) is 5.91 Å². The van der Waals surface area contributed by atoms with Crippen LogP contribution in [0.5, 0.6) is 0 Å². The minimum absolute atomic E-state index is 0.0324. The van der Waals surface area contributed by atoms with Gasteiger partial charge in [-0.3, -0.25) is 4.79 Å². The molecule has 1 heterocycles. The lowest BCUT2D eigenvalue weighted by atomic mass is 10.00. The van der Waals surface area contributed by atoms with Crippen molar-refractivity contribution in [2.45, 2.75) is 45.2 Å². The Bertz CT molecular complexity index is 240. The molecule has 18 heavy (non-hydrogen) atoms. The molecule has 0 spiro atoms. The van der Waals surface area contributed by atoms with Crippen LogP contribution in [0.1, 0.15) is 33.1 Å². The van der Waals surface area contributed by atoms with Gasteiger partial charge in [-0.1, -0.05) is 13.8 Å². The molecule has 0 saturated carbocycles. The zero-order chi connectivity index (χ0) is 13.4. The third-order valence-electron chi connectivity index (χ3n) is 3.22. The molecule has 1 aliphatic heterocycles. The van der Waals surface area contributed by atoms with Crippen LogP contribution in [0.2, 0.25) is 0 Å². The predicted octanol–water partition coefficient (Wildman–Crippen LogP) is 0.278. The van der Waals surface area contributed by atoms with E-state index in [-0.39, 0.29) is 24.5 Å². The van der Waals surface area contributed by atoms with Crippen molar-refractivity contribution in [3.8, 4) is 0 Å².